The molecule has 0 atom stereocenters. The van der Waals surface area contributed by atoms with E-state index in [0.717, 1.165) is 13.1 Å². The summed E-state index contributed by atoms with van der Waals surface area (Å²) in [5.74, 6) is 0.118. The van der Waals surface area contributed by atoms with E-state index in [4.69, 9.17) is 9.72 Å². The highest BCUT2D eigenvalue weighted by Crippen LogP contribution is 2.30. The zero-order valence-corrected chi connectivity index (χ0v) is 17.8. The number of nitrogens with zero attached hydrogens (tertiary/aromatic N) is 4. The van der Waals surface area contributed by atoms with Crippen molar-refractivity contribution < 1.29 is 27.4 Å². The maximum atomic E-state index is 13.3. The van der Waals surface area contributed by atoms with Gasteiger partial charge in [0.05, 0.1) is 24.5 Å². The fourth-order valence-electron chi connectivity index (χ4n) is 3.82. The van der Waals surface area contributed by atoms with Crippen LogP contribution in [-0.4, -0.2) is 86.6 Å². The van der Waals surface area contributed by atoms with E-state index < -0.39 is 6.36 Å². The Bertz CT molecular complexity index is 956. The molecule has 0 radical (unpaired) electrons. The molecule has 3 heterocycles. The molecule has 7 nitrogen and oxygen atoms in total. The van der Waals surface area contributed by atoms with Crippen LogP contribution in [0.5, 0.6) is 5.75 Å². The molecule has 172 valence electrons. The van der Waals surface area contributed by atoms with Gasteiger partial charge < -0.3 is 24.2 Å². The summed E-state index contributed by atoms with van der Waals surface area (Å²) in [6.45, 7) is 5.07. The van der Waals surface area contributed by atoms with E-state index >= 15 is 0 Å². The molecule has 10 heteroatoms. The van der Waals surface area contributed by atoms with Crippen LogP contribution in [0.15, 0.2) is 36.4 Å². The van der Waals surface area contributed by atoms with Crippen LogP contribution >= 0.6 is 0 Å². The van der Waals surface area contributed by atoms with Gasteiger partial charge in [-0.05, 0) is 31.3 Å². The third-order valence-corrected chi connectivity index (χ3v) is 5.57. The molecule has 4 rings (SSSR count). The monoisotopic (exact) mass is 450 g/mol. The smallest absolute Gasteiger partial charge is 0.406 e. The topological polar surface area (TPSA) is 58.1 Å². The van der Waals surface area contributed by atoms with E-state index in [9.17, 15) is 18.0 Å². The Morgan fingerprint density at radius 1 is 1.03 bits per heavy atom. The molecule has 0 bridgehead atoms. The first-order valence-electron chi connectivity index (χ1n) is 10.5. The van der Waals surface area contributed by atoms with E-state index in [2.05, 4.69) is 9.64 Å². The largest absolute Gasteiger partial charge is 0.573 e. The van der Waals surface area contributed by atoms with Crippen molar-refractivity contribution in [3.05, 3.63) is 42.0 Å². The second kappa shape index (κ2) is 9.33. The van der Waals surface area contributed by atoms with Crippen molar-refractivity contribution in [2.75, 3.05) is 64.4 Å². The minimum absolute atomic E-state index is 0.0900. The van der Waals surface area contributed by atoms with Crippen LogP contribution in [0.2, 0.25) is 0 Å². The van der Waals surface area contributed by atoms with Crippen LogP contribution in [0.25, 0.3) is 11.3 Å². The zero-order valence-electron chi connectivity index (χ0n) is 17.8. The van der Waals surface area contributed by atoms with Gasteiger partial charge in [0.2, 0.25) is 0 Å². The number of pyridine rings is 1. The molecule has 2 aliphatic rings. The maximum absolute atomic E-state index is 13.3. The van der Waals surface area contributed by atoms with Gasteiger partial charge in [-0.25, -0.2) is 4.98 Å². The van der Waals surface area contributed by atoms with Gasteiger partial charge in [-0.1, -0.05) is 12.1 Å². The van der Waals surface area contributed by atoms with Crippen LogP contribution in [0.1, 0.15) is 10.4 Å². The fourth-order valence-corrected chi connectivity index (χ4v) is 3.82. The highest BCUT2D eigenvalue weighted by atomic mass is 19.4. The Morgan fingerprint density at radius 2 is 1.75 bits per heavy atom. The molecule has 1 amide bonds. The van der Waals surface area contributed by atoms with Crippen molar-refractivity contribution in [3.8, 4) is 17.0 Å². The number of likely N-dealkylation sites (N-methyl/N-ethyl adjacent to an activating group) is 1. The average molecular weight is 450 g/mol. The number of hydrogen-bond acceptors (Lipinski definition) is 6. The first-order chi connectivity index (χ1) is 15.3. The summed E-state index contributed by atoms with van der Waals surface area (Å²) in [4.78, 5) is 24.0. The van der Waals surface area contributed by atoms with Crippen LogP contribution in [-0.2, 0) is 4.74 Å². The molecule has 2 fully saturated rings. The number of aromatic nitrogens is 1. The first-order valence-corrected chi connectivity index (χ1v) is 10.5. The third-order valence-electron chi connectivity index (χ3n) is 5.57. The van der Waals surface area contributed by atoms with Gasteiger partial charge in [-0.3, -0.25) is 4.79 Å². The van der Waals surface area contributed by atoms with Crippen molar-refractivity contribution >= 4 is 11.7 Å². The molecule has 1 aromatic carbocycles. The number of benzene rings is 1. The Labute approximate surface area is 184 Å². The minimum atomic E-state index is -4.77. The highest BCUT2D eigenvalue weighted by Gasteiger charge is 2.31. The molecule has 0 saturated carbocycles. The Hall–Kier alpha value is -2.85. The predicted octanol–water partition coefficient (Wildman–Crippen LogP) is 2.87. The summed E-state index contributed by atoms with van der Waals surface area (Å²) < 4.78 is 47.3. The Morgan fingerprint density at radius 3 is 2.44 bits per heavy atom. The number of alkyl halides is 3. The van der Waals surface area contributed by atoms with Crippen LogP contribution < -0.4 is 9.64 Å². The molecule has 1 aromatic heterocycles. The van der Waals surface area contributed by atoms with Gasteiger partial charge >= 0.3 is 6.36 Å². The molecule has 0 N–H and O–H groups in total. The average Bonchev–Trinajstić information content (AvgIpc) is 2.78. The van der Waals surface area contributed by atoms with E-state index in [0.29, 0.717) is 62.0 Å². The molecule has 2 saturated heterocycles. The van der Waals surface area contributed by atoms with Crippen molar-refractivity contribution in [1.29, 1.82) is 0 Å². The number of rotatable bonds is 4. The van der Waals surface area contributed by atoms with E-state index in [-0.39, 0.29) is 11.7 Å². The van der Waals surface area contributed by atoms with Crippen LogP contribution in [0.4, 0.5) is 19.0 Å². The number of halogens is 3. The number of hydrogen-bond donors (Lipinski definition) is 0. The maximum Gasteiger partial charge on any atom is 0.573 e. The fraction of sp³-hybridized carbons (Fsp3) is 0.455. The zero-order chi connectivity index (χ0) is 22.7. The normalized spacial score (nSPS) is 18.0. The molecule has 0 unspecified atom stereocenters. The quantitative estimate of drug-likeness (QED) is 0.714. The van der Waals surface area contributed by atoms with Gasteiger partial charge in [-0.15, -0.1) is 13.2 Å². The first kappa shape index (κ1) is 22.3. The predicted molar refractivity (Wildman–Crippen MR) is 113 cm³/mol. The lowest BCUT2D eigenvalue weighted by Crippen LogP contribution is -2.47. The van der Waals surface area contributed by atoms with Gasteiger partial charge in [0.25, 0.3) is 5.91 Å². The SMILES string of the molecule is CN1CCN(C(=O)c2ccc(-c3cccc(OC(F)(F)F)c3)nc2N2CCOCC2)CC1. The van der Waals surface area contributed by atoms with E-state index in [1.807, 2.05) is 16.8 Å². The number of anilines is 1. The van der Waals surface area contributed by atoms with Crippen LogP contribution in [0, 0.1) is 0 Å². The lowest BCUT2D eigenvalue weighted by molar-refractivity contribution is -0.274. The summed E-state index contributed by atoms with van der Waals surface area (Å²) >= 11 is 0. The lowest BCUT2D eigenvalue weighted by Gasteiger charge is -2.34. The lowest BCUT2D eigenvalue weighted by atomic mass is 10.1. The molecular formula is C22H25F3N4O3. The molecule has 2 aliphatic heterocycles. The summed E-state index contributed by atoms with van der Waals surface area (Å²) in [6, 6.07) is 9.06. The second-order valence-electron chi connectivity index (χ2n) is 7.84. The van der Waals surface area contributed by atoms with Gasteiger partial charge in [0.15, 0.2) is 0 Å². The van der Waals surface area contributed by atoms with Crippen molar-refractivity contribution in [1.82, 2.24) is 14.8 Å². The summed E-state index contributed by atoms with van der Waals surface area (Å²) in [5, 5.41) is 0. The van der Waals surface area contributed by atoms with Crippen molar-refractivity contribution in [2.24, 2.45) is 0 Å². The molecule has 32 heavy (non-hydrogen) atoms. The molecule has 0 aliphatic carbocycles. The number of carbonyl (C=O) groups excluding carboxylic acids is 1. The minimum Gasteiger partial charge on any atom is -0.406 e. The summed E-state index contributed by atoms with van der Waals surface area (Å²) in [5.41, 5.74) is 1.43. The van der Waals surface area contributed by atoms with Crippen molar-refractivity contribution in [2.45, 2.75) is 6.36 Å². The number of carbonyl (C=O) groups is 1. The van der Waals surface area contributed by atoms with Gasteiger partial charge in [0, 0.05) is 44.8 Å². The third kappa shape index (κ3) is 5.31. The standard InChI is InChI=1S/C22H25F3N4O3/c1-27-7-9-29(10-8-27)21(30)18-5-6-19(26-20(18)28-11-13-31-14-12-28)16-3-2-4-17(15-16)32-22(23,24)25/h2-6,15H,7-14H2,1H3. The number of ether oxygens (including phenoxy) is 2. The van der Waals surface area contributed by atoms with E-state index in [1.165, 1.54) is 18.2 Å². The Kier molecular flexibility index (Phi) is 6.52. The number of amides is 1. The van der Waals surface area contributed by atoms with Gasteiger partial charge in [-0.2, -0.15) is 0 Å². The van der Waals surface area contributed by atoms with E-state index in [1.54, 1.807) is 18.2 Å². The molecule has 2 aromatic rings. The number of piperazine rings is 1. The van der Waals surface area contributed by atoms with Crippen molar-refractivity contribution in [3.63, 3.8) is 0 Å². The highest BCUT2D eigenvalue weighted by molar-refractivity contribution is 5.99. The van der Waals surface area contributed by atoms with Crippen LogP contribution in [0.3, 0.4) is 0 Å². The van der Waals surface area contributed by atoms with Gasteiger partial charge in [0.1, 0.15) is 11.6 Å². The number of morpholine rings is 1. The molecule has 0 spiro atoms. The summed E-state index contributed by atoms with van der Waals surface area (Å²) in [7, 11) is 2.02. The molecular weight excluding hydrogens is 425 g/mol. The second-order valence-corrected chi connectivity index (χ2v) is 7.84. The Balaban J connectivity index is 1.67. The summed E-state index contributed by atoms with van der Waals surface area (Å²) in [6.07, 6.45) is -4.77.